The zero-order chi connectivity index (χ0) is 12.2. The average molecular weight is 265 g/mol. The van der Waals surface area contributed by atoms with Gasteiger partial charge in [0.15, 0.2) is 0 Å². The second-order valence-corrected chi connectivity index (χ2v) is 4.22. The van der Waals surface area contributed by atoms with Crippen molar-refractivity contribution in [3.05, 3.63) is 0 Å². The van der Waals surface area contributed by atoms with E-state index >= 15 is 0 Å². The van der Waals surface area contributed by atoms with Gasteiger partial charge < -0.3 is 0 Å². The van der Waals surface area contributed by atoms with Crippen molar-refractivity contribution >= 4 is 23.2 Å². The molecule has 0 aromatic carbocycles. The van der Waals surface area contributed by atoms with Crippen LogP contribution in [0.1, 0.15) is 13.8 Å². The van der Waals surface area contributed by atoms with Crippen molar-refractivity contribution in [2.45, 2.75) is 13.8 Å². The largest absolute Gasteiger partial charge is 0.291 e. The van der Waals surface area contributed by atoms with Crippen molar-refractivity contribution in [1.29, 1.82) is 0 Å². The van der Waals surface area contributed by atoms with Crippen LogP contribution in [-0.4, -0.2) is 60.8 Å². The maximum atomic E-state index is 5.69. The molecule has 0 atom stereocenters. The summed E-state index contributed by atoms with van der Waals surface area (Å²) in [6.45, 7) is 9.68. The van der Waals surface area contributed by atoms with E-state index in [1.165, 1.54) is 0 Å². The van der Waals surface area contributed by atoms with Crippen LogP contribution in [0.3, 0.4) is 0 Å². The van der Waals surface area contributed by atoms with Gasteiger partial charge in [0.2, 0.25) is 0 Å². The fraction of sp³-hybridized carbons (Fsp3) is 0.833. The van der Waals surface area contributed by atoms with Crippen molar-refractivity contribution in [1.82, 2.24) is 9.80 Å². The highest BCUT2D eigenvalue weighted by molar-refractivity contribution is 6.18. The molecule has 0 aliphatic heterocycles. The van der Waals surface area contributed by atoms with E-state index in [2.05, 4.69) is 35.5 Å². The van der Waals surface area contributed by atoms with E-state index in [-0.39, 0.29) is 0 Å². The van der Waals surface area contributed by atoms with Crippen LogP contribution in [-0.2, 0) is 0 Å². The minimum Gasteiger partial charge on any atom is -0.291 e. The molecular formula is C12H22Cl2N2. The number of rotatable bonds is 8. The van der Waals surface area contributed by atoms with Gasteiger partial charge in [-0.2, -0.15) is 0 Å². The molecule has 16 heavy (non-hydrogen) atoms. The Kier molecular flexibility index (Phi) is 11.6. The molecule has 0 heterocycles. The lowest BCUT2D eigenvalue weighted by Crippen LogP contribution is -2.27. The van der Waals surface area contributed by atoms with Gasteiger partial charge in [-0.25, -0.2) is 0 Å². The summed E-state index contributed by atoms with van der Waals surface area (Å²) in [6.07, 6.45) is 0. The van der Waals surface area contributed by atoms with Gasteiger partial charge in [0.25, 0.3) is 0 Å². The molecule has 0 aliphatic carbocycles. The molecule has 0 amide bonds. The van der Waals surface area contributed by atoms with E-state index in [1.807, 2.05) is 0 Å². The van der Waals surface area contributed by atoms with Gasteiger partial charge in [-0.3, -0.25) is 9.80 Å². The number of hydrogen-bond donors (Lipinski definition) is 0. The van der Waals surface area contributed by atoms with Crippen LogP contribution in [0.25, 0.3) is 0 Å². The molecule has 0 aromatic heterocycles. The Morgan fingerprint density at radius 2 is 1.19 bits per heavy atom. The topological polar surface area (TPSA) is 6.48 Å². The van der Waals surface area contributed by atoms with Crippen molar-refractivity contribution in [2.75, 3.05) is 51.0 Å². The van der Waals surface area contributed by atoms with E-state index in [0.717, 1.165) is 39.3 Å². The van der Waals surface area contributed by atoms with E-state index < -0.39 is 0 Å². The molecule has 2 nitrogen and oxygen atoms in total. The summed E-state index contributed by atoms with van der Waals surface area (Å²) in [6, 6.07) is 0. The van der Waals surface area contributed by atoms with Crippen LogP contribution in [0.15, 0.2) is 0 Å². The fourth-order valence-corrected chi connectivity index (χ4v) is 1.75. The Morgan fingerprint density at radius 1 is 0.812 bits per heavy atom. The van der Waals surface area contributed by atoms with Gasteiger partial charge in [-0.1, -0.05) is 25.7 Å². The zero-order valence-corrected chi connectivity index (χ0v) is 11.8. The van der Waals surface area contributed by atoms with Gasteiger partial charge in [0.05, 0.1) is 13.1 Å². The minimum atomic E-state index is 0.669. The Morgan fingerprint density at radius 3 is 1.44 bits per heavy atom. The van der Waals surface area contributed by atoms with Crippen LogP contribution in [0.4, 0.5) is 0 Å². The van der Waals surface area contributed by atoms with Gasteiger partial charge in [0, 0.05) is 24.8 Å². The quantitative estimate of drug-likeness (QED) is 0.490. The molecule has 94 valence electrons. The Hall–Kier alpha value is 0.0600. The number of alkyl halides is 2. The number of halogens is 2. The summed E-state index contributed by atoms with van der Waals surface area (Å²) >= 11 is 11.4. The van der Waals surface area contributed by atoms with Gasteiger partial charge in [0.1, 0.15) is 0 Å². The normalized spacial score (nSPS) is 10.6. The first kappa shape index (κ1) is 16.1. The van der Waals surface area contributed by atoms with Gasteiger partial charge >= 0.3 is 0 Å². The number of nitrogens with zero attached hydrogens (tertiary/aromatic N) is 2. The lowest BCUT2D eigenvalue weighted by Gasteiger charge is -2.16. The monoisotopic (exact) mass is 264 g/mol. The van der Waals surface area contributed by atoms with E-state index in [0.29, 0.717) is 11.8 Å². The SMILES string of the molecule is CCN(CC#CCN(CC)CCCl)CCCl. The maximum Gasteiger partial charge on any atom is 0.0602 e. The third-order valence-corrected chi connectivity index (χ3v) is 2.76. The van der Waals surface area contributed by atoms with Crippen LogP contribution in [0.2, 0.25) is 0 Å². The summed E-state index contributed by atoms with van der Waals surface area (Å²) in [4.78, 5) is 4.47. The minimum absolute atomic E-state index is 0.669. The standard InChI is InChI=1S/C12H22Cl2N2/c1-3-15(11-7-13)9-5-6-10-16(4-2)12-8-14/h3-4,7-12H2,1-2H3. The van der Waals surface area contributed by atoms with Crippen LogP contribution < -0.4 is 0 Å². The first-order valence-corrected chi connectivity index (χ1v) is 6.87. The molecule has 0 spiro atoms. The summed E-state index contributed by atoms with van der Waals surface area (Å²) in [5.74, 6) is 7.69. The Bertz CT molecular complexity index is 191. The molecule has 0 aliphatic rings. The highest BCUT2D eigenvalue weighted by Crippen LogP contribution is 1.89. The highest BCUT2D eigenvalue weighted by Gasteiger charge is 1.98. The molecular weight excluding hydrogens is 243 g/mol. The summed E-state index contributed by atoms with van der Waals surface area (Å²) in [5, 5.41) is 0. The van der Waals surface area contributed by atoms with Crippen molar-refractivity contribution in [2.24, 2.45) is 0 Å². The van der Waals surface area contributed by atoms with Crippen LogP contribution in [0, 0.1) is 11.8 Å². The molecule has 0 fully saturated rings. The third-order valence-electron chi connectivity index (χ3n) is 2.43. The highest BCUT2D eigenvalue weighted by atomic mass is 35.5. The summed E-state index contributed by atoms with van der Waals surface area (Å²) in [7, 11) is 0. The first-order valence-electron chi connectivity index (χ1n) is 5.80. The molecule has 0 aromatic rings. The van der Waals surface area contributed by atoms with E-state index in [4.69, 9.17) is 23.2 Å². The third kappa shape index (κ3) is 8.24. The van der Waals surface area contributed by atoms with Crippen LogP contribution in [0.5, 0.6) is 0 Å². The maximum absolute atomic E-state index is 5.69. The van der Waals surface area contributed by atoms with E-state index in [1.54, 1.807) is 0 Å². The van der Waals surface area contributed by atoms with Gasteiger partial charge in [-0.15, -0.1) is 23.2 Å². The van der Waals surface area contributed by atoms with Crippen molar-refractivity contribution in [3.8, 4) is 11.8 Å². The second-order valence-electron chi connectivity index (χ2n) is 3.47. The molecule has 0 rings (SSSR count). The molecule has 0 bridgehead atoms. The smallest absolute Gasteiger partial charge is 0.0602 e. The van der Waals surface area contributed by atoms with Crippen molar-refractivity contribution < 1.29 is 0 Å². The Labute approximate surface area is 110 Å². The summed E-state index contributed by atoms with van der Waals surface area (Å²) < 4.78 is 0. The predicted octanol–water partition coefficient (Wildman–Crippen LogP) is 2.11. The molecule has 0 N–H and O–H groups in total. The molecule has 0 saturated heterocycles. The second kappa shape index (κ2) is 11.5. The van der Waals surface area contributed by atoms with Crippen molar-refractivity contribution in [3.63, 3.8) is 0 Å². The number of hydrogen-bond acceptors (Lipinski definition) is 2. The molecule has 0 unspecified atom stereocenters. The first-order chi connectivity index (χ1) is 7.78. The predicted molar refractivity (Wildman–Crippen MR) is 73.4 cm³/mol. The molecule has 4 heteroatoms. The summed E-state index contributed by atoms with van der Waals surface area (Å²) in [5.41, 5.74) is 0. The lowest BCUT2D eigenvalue weighted by molar-refractivity contribution is 0.339. The zero-order valence-electron chi connectivity index (χ0n) is 10.3. The fourth-order valence-electron chi connectivity index (χ4n) is 1.27. The van der Waals surface area contributed by atoms with Gasteiger partial charge in [-0.05, 0) is 13.1 Å². The molecule has 0 radical (unpaired) electrons. The lowest BCUT2D eigenvalue weighted by atomic mass is 10.4. The Balaban J connectivity index is 3.81. The average Bonchev–Trinajstić information content (AvgIpc) is 2.31. The molecule has 0 saturated carbocycles. The van der Waals surface area contributed by atoms with Crippen LogP contribution >= 0.6 is 23.2 Å². The van der Waals surface area contributed by atoms with E-state index in [9.17, 15) is 0 Å².